The van der Waals surface area contributed by atoms with Crippen molar-refractivity contribution in [1.82, 2.24) is 19.7 Å². The molecule has 1 fully saturated rings. The number of anilines is 1. The topological polar surface area (TPSA) is 102 Å². The van der Waals surface area contributed by atoms with Crippen molar-refractivity contribution in [1.29, 1.82) is 0 Å². The zero-order chi connectivity index (χ0) is 21.1. The fourth-order valence-electron chi connectivity index (χ4n) is 3.19. The molecule has 2 N–H and O–H groups in total. The number of phenols is 1. The Balaban J connectivity index is 1.49. The third-order valence-electron chi connectivity index (χ3n) is 4.86. The summed E-state index contributed by atoms with van der Waals surface area (Å²) in [5, 5.41) is 22.4. The van der Waals surface area contributed by atoms with E-state index >= 15 is 0 Å². The zero-order valence-corrected chi connectivity index (χ0v) is 18.4. The maximum Gasteiger partial charge on any atom is 0.236 e. The van der Waals surface area contributed by atoms with Gasteiger partial charge in [-0.1, -0.05) is 11.8 Å². The van der Waals surface area contributed by atoms with Gasteiger partial charge in [0.25, 0.3) is 0 Å². The number of benzene rings is 1. The van der Waals surface area contributed by atoms with Crippen LogP contribution in [0.5, 0.6) is 5.75 Å². The molecule has 30 heavy (non-hydrogen) atoms. The largest absolute Gasteiger partial charge is 0.508 e. The van der Waals surface area contributed by atoms with Gasteiger partial charge >= 0.3 is 0 Å². The van der Waals surface area contributed by atoms with Crippen molar-refractivity contribution in [2.75, 3.05) is 17.7 Å². The Kier molecular flexibility index (Phi) is 6.35. The molecule has 3 aromatic rings. The first-order valence-corrected chi connectivity index (χ1v) is 11.5. The van der Waals surface area contributed by atoms with Crippen LogP contribution in [0.3, 0.4) is 0 Å². The Morgan fingerprint density at radius 3 is 2.80 bits per heavy atom. The van der Waals surface area contributed by atoms with E-state index in [1.807, 2.05) is 18.4 Å². The lowest BCUT2D eigenvalue weighted by atomic mass is 10.2. The van der Waals surface area contributed by atoms with Crippen LogP contribution in [0.2, 0.25) is 0 Å². The van der Waals surface area contributed by atoms with E-state index in [9.17, 15) is 9.90 Å². The first kappa shape index (κ1) is 20.8. The van der Waals surface area contributed by atoms with E-state index in [2.05, 4.69) is 20.5 Å². The smallest absolute Gasteiger partial charge is 0.236 e. The molecule has 10 heteroatoms. The SMILES string of the molecule is Cc1nc(NC(=O)CSc2nnc(-c3ccc(O)cc3)n2CC2CCCO2)sc1C. The number of amides is 1. The van der Waals surface area contributed by atoms with E-state index in [0.29, 0.717) is 22.7 Å². The molecule has 1 aliphatic heterocycles. The number of carbonyl (C=O) groups excluding carboxylic acids is 1. The Morgan fingerprint density at radius 1 is 1.33 bits per heavy atom. The lowest BCUT2D eigenvalue weighted by molar-refractivity contribution is -0.113. The van der Waals surface area contributed by atoms with Gasteiger partial charge in [0.1, 0.15) is 5.75 Å². The van der Waals surface area contributed by atoms with Crippen LogP contribution in [0.1, 0.15) is 23.4 Å². The second-order valence-electron chi connectivity index (χ2n) is 7.10. The molecule has 4 rings (SSSR count). The maximum absolute atomic E-state index is 12.4. The van der Waals surface area contributed by atoms with Gasteiger partial charge in [0.05, 0.1) is 24.1 Å². The van der Waals surface area contributed by atoms with Gasteiger partial charge in [-0.2, -0.15) is 0 Å². The van der Waals surface area contributed by atoms with Crippen molar-refractivity contribution in [2.24, 2.45) is 0 Å². The second-order valence-corrected chi connectivity index (χ2v) is 9.24. The van der Waals surface area contributed by atoms with Gasteiger partial charge in [0.15, 0.2) is 16.1 Å². The average Bonchev–Trinajstić information content (AvgIpc) is 3.44. The van der Waals surface area contributed by atoms with Crippen LogP contribution in [-0.2, 0) is 16.1 Å². The van der Waals surface area contributed by atoms with E-state index < -0.39 is 0 Å². The molecule has 0 aliphatic carbocycles. The lowest BCUT2D eigenvalue weighted by Gasteiger charge is -2.14. The Morgan fingerprint density at radius 2 is 2.13 bits per heavy atom. The molecule has 8 nitrogen and oxygen atoms in total. The number of carbonyl (C=O) groups is 1. The molecule has 1 atom stereocenters. The van der Waals surface area contributed by atoms with Crippen LogP contribution in [0.4, 0.5) is 5.13 Å². The van der Waals surface area contributed by atoms with E-state index in [4.69, 9.17) is 4.74 Å². The van der Waals surface area contributed by atoms with Gasteiger partial charge in [0.2, 0.25) is 5.91 Å². The molecule has 1 aliphatic rings. The summed E-state index contributed by atoms with van der Waals surface area (Å²) >= 11 is 2.81. The molecule has 1 saturated heterocycles. The van der Waals surface area contributed by atoms with Crippen molar-refractivity contribution in [2.45, 2.75) is 44.5 Å². The summed E-state index contributed by atoms with van der Waals surface area (Å²) in [5.41, 5.74) is 1.78. The molecule has 0 spiro atoms. The molecule has 158 valence electrons. The van der Waals surface area contributed by atoms with Gasteiger partial charge < -0.3 is 15.2 Å². The van der Waals surface area contributed by atoms with Gasteiger partial charge in [-0.05, 0) is 51.0 Å². The van der Waals surface area contributed by atoms with Crippen molar-refractivity contribution < 1.29 is 14.6 Å². The summed E-state index contributed by atoms with van der Waals surface area (Å²) < 4.78 is 7.80. The van der Waals surface area contributed by atoms with Crippen LogP contribution in [0.15, 0.2) is 29.4 Å². The highest BCUT2D eigenvalue weighted by Crippen LogP contribution is 2.28. The molecule has 1 unspecified atom stereocenters. The molecule has 0 bridgehead atoms. The second kappa shape index (κ2) is 9.15. The molecule has 3 heterocycles. The van der Waals surface area contributed by atoms with Crippen LogP contribution in [-0.4, -0.2) is 49.2 Å². The number of thioether (sulfide) groups is 1. The third-order valence-corrected chi connectivity index (χ3v) is 6.81. The minimum atomic E-state index is -0.133. The number of aromatic hydroxyl groups is 1. The average molecular weight is 446 g/mol. The van der Waals surface area contributed by atoms with Crippen molar-refractivity contribution in [3.05, 3.63) is 34.8 Å². The fraction of sp³-hybridized carbons (Fsp3) is 0.400. The van der Waals surface area contributed by atoms with Gasteiger partial charge in [-0.25, -0.2) is 4.98 Å². The molecule has 2 aromatic heterocycles. The molecule has 0 saturated carbocycles. The predicted molar refractivity (Wildman–Crippen MR) is 117 cm³/mol. The lowest BCUT2D eigenvalue weighted by Crippen LogP contribution is -2.18. The molecule has 1 amide bonds. The standard InChI is InChI=1S/C20H23N5O3S2/c1-12-13(2)30-19(21-12)22-17(27)11-29-20-24-23-18(14-5-7-15(26)8-6-14)25(20)10-16-4-3-9-28-16/h5-8,16,26H,3-4,9-11H2,1-2H3,(H,21,22,27). The number of hydrogen-bond acceptors (Lipinski definition) is 8. The molecular weight excluding hydrogens is 422 g/mol. The van der Waals surface area contributed by atoms with E-state index in [-0.39, 0.29) is 23.5 Å². The number of phenolic OH excluding ortho intramolecular Hbond substituents is 1. The summed E-state index contributed by atoms with van der Waals surface area (Å²) in [6.45, 7) is 5.29. The van der Waals surface area contributed by atoms with Crippen molar-refractivity contribution in [3.63, 3.8) is 0 Å². The van der Waals surface area contributed by atoms with Crippen molar-refractivity contribution >= 4 is 34.1 Å². The summed E-state index contributed by atoms with van der Waals surface area (Å²) in [4.78, 5) is 17.8. The summed E-state index contributed by atoms with van der Waals surface area (Å²) in [5.74, 6) is 0.964. The predicted octanol–water partition coefficient (Wildman–Crippen LogP) is 3.63. The number of ether oxygens (including phenoxy) is 1. The Bertz CT molecular complexity index is 1010. The number of hydrogen-bond donors (Lipinski definition) is 2. The van der Waals surface area contributed by atoms with Crippen LogP contribution < -0.4 is 5.32 Å². The van der Waals surface area contributed by atoms with Gasteiger partial charge in [-0.15, -0.1) is 21.5 Å². The number of nitrogens with zero attached hydrogens (tertiary/aromatic N) is 4. The fourth-order valence-corrected chi connectivity index (χ4v) is 4.77. The zero-order valence-electron chi connectivity index (χ0n) is 16.8. The van der Waals surface area contributed by atoms with Gasteiger partial charge in [-0.3, -0.25) is 9.36 Å². The number of thiazole rings is 1. The van der Waals surface area contributed by atoms with E-state index in [1.165, 1.54) is 23.1 Å². The summed E-state index contributed by atoms with van der Waals surface area (Å²) in [6.07, 6.45) is 2.13. The number of nitrogens with one attached hydrogen (secondary N) is 1. The van der Waals surface area contributed by atoms with E-state index in [1.54, 1.807) is 24.3 Å². The highest BCUT2D eigenvalue weighted by molar-refractivity contribution is 7.99. The highest BCUT2D eigenvalue weighted by atomic mass is 32.2. The molecule has 1 aromatic carbocycles. The normalized spacial score (nSPS) is 16.1. The monoisotopic (exact) mass is 445 g/mol. The summed E-state index contributed by atoms with van der Waals surface area (Å²) in [6, 6.07) is 6.86. The molecule has 0 radical (unpaired) electrons. The Labute approximate surface area is 182 Å². The molecular formula is C20H23N5O3S2. The van der Waals surface area contributed by atoms with Crippen LogP contribution in [0.25, 0.3) is 11.4 Å². The number of aryl methyl sites for hydroxylation is 2. The highest BCUT2D eigenvalue weighted by Gasteiger charge is 2.22. The maximum atomic E-state index is 12.4. The quantitative estimate of drug-likeness (QED) is 0.535. The third kappa shape index (κ3) is 4.82. The van der Waals surface area contributed by atoms with E-state index in [0.717, 1.165) is 35.6 Å². The van der Waals surface area contributed by atoms with Gasteiger partial charge in [0, 0.05) is 17.0 Å². The first-order valence-electron chi connectivity index (χ1n) is 9.70. The minimum Gasteiger partial charge on any atom is -0.508 e. The first-order chi connectivity index (χ1) is 14.5. The van der Waals surface area contributed by atoms with Crippen LogP contribution >= 0.6 is 23.1 Å². The Hall–Kier alpha value is -2.43. The number of aromatic nitrogens is 4. The van der Waals surface area contributed by atoms with Crippen LogP contribution in [0, 0.1) is 13.8 Å². The van der Waals surface area contributed by atoms with Crippen molar-refractivity contribution in [3.8, 4) is 17.1 Å². The summed E-state index contributed by atoms with van der Waals surface area (Å²) in [7, 11) is 0. The minimum absolute atomic E-state index is 0.103. The number of rotatable bonds is 7.